The predicted molar refractivity (Wildman–Crippen MR) is 72.5 cm³/mol. The first-order chi connectivity index (χ1) is 10.2. The maximum atomic E-state index is 13.2. The quantitative estimate of drug-likeness (QED) is 0.446. The van der Waals surface area contributed by atoms with E-state index in [0.29, 0.717) is 6.42 Å². The van der Waals surface area contributed by atoms with Gasteiger partial charge in [-0.2, -0.15) is 26.3 Å². The molecule has 23 heavy (non-hydrogen) atoms. The van der Waals surface area contributed by atoms with Crippen molar-refractivity contribution in [2.45, 2.75) is 63.1 Å². The fourth-order valence-electron chi connectivity index (χ4n) is 3.00. The van der Waals surface area contributed by atoms with Gasteiger partial charge in [0.15, 0.2) is 0 Å². The van der Waals surface area contributed by atoms with Gasteiger partial charge in [-0.1, -0.05) is 19.6 Å². The summed E-state index contributed by atoms with van der Waals surface area (Å²) in [6.07, 6.45) is -11.7. The minimum Gasteiger partial charge on any atom is -0.488 e. The summed E-state index contributed by atoms with van der Waals surface area (Å²) in [4.78, 5) is 0. The lowest BCUT2D eigenvalue weighted by molar-refractivity contribution is -0.399. The Hall–Kier alpha value is -1.18. The zero-order chi connectivity index (χ0) is 18.3. The van der Waals surface area contributed by atoms with Crippen LogP contribution in [-0.4, -0.2) is 28.7 Å². The predicted octanol–water partition coefficient (Wildman–Crippen LogP) is 4.90. The van der Waals surface area contributed by atoms with Crippen LogP contribution in [0, 0.1) is 5.92 Å². The Morgan fingerprint density at radius 2 is 1.57 bits per heavy atom. The molecule has 2 atom stereocenters. The smallest absolute Gasteiger partial charge is 0.426 e. The van der Waals surface area contributed by atoms with Crippen LogP contribution < -0.4 is 0 Å². The number of aliphatic hydroxyl groups is 1. The molecule has 1 N–H and O–H groups in total. The van der Waals surface area contributed by atoms with E-state index in [-0.39, 0.29) is 24.2 Å². The van der Waals surface area contributed by atoms with E-state index in [9.17, 15) is 31.4 Å². The second-order valence-electron chi connectivity index (χ2n) is 6.18. The van der Waals surface area contributed by atoms with Crippen LogP contribution in [0.4, 0.5) is 26.3 Å². The van der Waals surface area contributed by atoms with E-state index in [1.165, 1.54) is 6.92 Å². The van der Waals surface area contributed by atoms with Crippen molar-refractivity contribution in [1.29, 1.82) is 0 Å². The molecule has 1 aliphatic rings. The van der Waals surface area contributed by atoms with E-state index < -0.39 is 35.9 Å². The summed E-state index contributed by atoms with van der Waals surface area (Å²) < 4.78 is 84.3. The van der Waals surface area contributed by atoms with Crippen molar-refractivity contribution in [2.24, 2.45) is 5.92 Å². The normalized spacial score (nSPS) is 26.7. The van der Waals surface area contributed by atoms with Gasteiger partial charge in [0.05, 0.1) is 0 Å². The van der Waals surface area contributed by atoms with E-state index in [0.717, 1.165) is 6.92 Å². The average Bonchev–Trinajstić information content (AvgIpc) is 2.35. The summed E-state index contributed by atoms with van der Waals surface area (Å²) in [6, 6.07) is 0. The Morgan fingerprint density at radius 1 is 1.09 bits per heavy atom. The van der Waals surface area contributed by atoms with Crippen LogP contribution in [0.25, 0.3) is 0 Å². The van der Waals surface area contributed by atoms with Gasteiger partial charge in [-0.3, -0.25) is 0 Å². The average molecular weight is 346 g/mol. The molecule has 8 heteroatoms. The van der Waals surface area contributed by atoms with E-state index in [1.54, 1.807) is 0 Å². The van der Waals surface area contributed by atoms with Crippen LogP contribution in [0.2, 0.25) is 0 Å². The molecular weight excluding hydrogens is 326 g/mol. The molecule has 0 radical (unpaired) electrons. The lowest BCUT2D eigenvalue weighted by Gasteiger charge is -2.49. The number of hydrogen-bond acceptors (Lipinski definition) is 2. The highest BCUT2D eigenvalue weighted by atomic mass is 19.4. The van der Waals surface area contributed by atoms with Gasteiger partial charge in [0.2, 0.25) is 0 Å². The van der Waals surface area contributed by atoms with Crippen molar-refractivity contribution >= 4 is 0 Å². The highest BCUT2D eigenvalue weighted by Crippen LogP contribution is 2.55. The summed E-state index contributed by atoms with van der Waals surface area (Å²) >= 11 is 0. The summed E-state index contributed by atoms with van der Waals surface area (Å²) in [5, 5.41) is 9.71. The highest BCUT2D eigenvalue weighted by molar-refractivity contribution is 5.18. The molecule has 0 amide bonds. The fraction of sp³-hybridized carbons (Fsp3) is 0.733. The molecule has 0 heterocycles. The maximum Gasteiger partial charge on any atom is 0.426 e. The molecule has 1 aliphatic carbocycles. The summed E-state index contributed by atoms with van der Waals surface area (Å²) in [6.45, 7) is 9.60. The summed E-state index contributed by atoms with van der Waals surface area (Å²) in [7, 11) is 0. The Morgan fingerprint density at radius 3 is 1.96 bits per heavy atom. The molecule has 0 saturated heterocycles. The molecule has 0 aliphatic heterocycles. The van der Waals surface area contributed by atoms with E-state index in [4.69, 9.17) is 4.74 Å². The van der Waals surface area contributed by atoms with Gasteiger partial charge in [0.1, 0.15) is 11.4 Å². The van der Waals surface area contributed by atoms with Gasteiger partial charge in [-0.05, 0) is 38.7 Å². The third-order valence-corrected chi connectivity index (χ3v) is 4.35. The van der Waals surface area contributed by atoms with Gasteiger partial charge >= 0.3 is 12.4 Å². The highest BCUT2D eigenvalue weighted by Gasteiger charge is 2.76. The monoisotopic (exact) mass is 346 g/mol. The van der Waals surface area contributed by atoms with Crippen molar-refractivity contribution in [3.63, 3.8) is 0 Å². The first-order valence-corrected chi connectivity index (χ1v) is 7.06. The minimum absolute atomic E-state index is 0.0571. The van der Waals surface area contributed by atoms with Crippen molar-refractivity contribution in [2.75, 3.05) is 0 Å². The Labute approximate surface area is 130 Å². The Balaban J connectivity index is 3.37. The van der Waals surface area contributed by atoms with Crippen molar-refractivity contribution < 1.29 is 36.2 Å². The van der Waals surface area contributed by atoms with Crippen LogP contribution in [0.15, 0.2) is 24.5 Å². The van der Waals surface area contributed by atoms with Gasteiger partial charge in [0, 0.05) is 5.92 Å². The Bertz CT molecular complexity index is 465. The molecule has 0 aromatic carbocycles. The van der Waals surface area contributed by atoms with Crippen molar-refractivity contribution in [3.8, 4) is 0 Å². The van der Waals surface area contributed by atoms with Gasteiger partial charge in [-0.25, -0.2) is 0 Å². The molecule has 0 aromatic heterocycles. The third-order valence-electron chi connectivity index (χ3n) is 4.35. The number of ether oxygens (including phenoxy) is 1. The second kappa shape index (κ2) is 6.03. The Kier molecular flexibility index (Phi) is 5.21. The molecule has 2 unspecified atom stereocenters. The molecule has 0 spiro atoms. The van der Waals surface area contributed by atoms with E-state index in [1.807, 2.05) is 0 Å². The zero-order valence-corrected chi connectivity index (χ0v) is 12.9. The molecule has 134 valence electrons. The number of rotatable bonds is 4. The largest absolute Gasteiger partial charge is 0.488 e. The van der Waals surface area contributed by atoms with Crippen LogP contribution in [-0.2, 0) is 4.74 Å². The summed E-state index contributed by atoms with van der Waals surface area (Å²) in [5.74, 6) is -2.29. The standard InChI is InChI=1S/C15H20F6O2/c1-9(2)10(3)23-12(4)8-6-5-7-11(12)13(22,14(16,17)18)15(19,20)21/h11,22H,1,3,5-8H2,2,4H3. The number of hydrogen-bond donors (Lipinski definition) is 1. The molecule has 0 aromatic rings. The van der Waals surface area contributed by atoms with E-state index >= 15 is 0 Å². The van der Waals surface area contributed by atoms with Crippen LogP contribution in [0.3, 0.4) is 0 Å². The van der Waals surface area contributed by atoms with Crippen molar-refractivity contribution in [1.82, 2.24) is 0 Å². The van der Waals surface area contributed by atoms with Crippen LogP contribution in [0.1, 0.15) is 39.5 Å². The molecule has 2 nitrogen and oxygen atoms in total. The molecule has 1 fully saturated rings. The molecule has 0 bridgehead atoms. The van der Waals surface area contributed by atoms with Gasteiger partial charge < -0.3 is 9.84 Å². The first kappa shape index (κ1) is 19.9. The number of alkyl halides is 6. The molecule has 1 rings (SSSR count). The molecular formula is C15H20F6O2. The second-order valence-corrected chi connectivity index (χ2v) is 6.18. The fourth-order valence-corrected chi connectivity index (χ4v) is 3.00. The molecule has 1 saturated carbocycles. The topological polar surface area (TPSA) is 29.5 Å². The zero-order valence-electron chi connectivity index (χ0n) is 12.9. The first-order valence-electron chi connectivity index (χ1n) is 7.06. The number of halogens is 6. The SMILES string of the molecule is C=C(C)C(=C)OC1(C)CCCCC1C(O)(C(F)(F)F)C(F)(F)F. The lowest BCUT2D eigenvalue weighted by Crippen LogP contribution is -2.67. The maximum absolute atomic E-state index is 13.2. The van der Waals surface area contributed by atoms with Crippen LogP contribution >= 0.6 is 0 Å². The summed E-state index contributed by atoms with van der Waals surface area (Å²) in [5.41, 5.74) is -6.41. The minimum atomic E-state index is -5.87. The van der Waals surface area contributed by atoms with Gasteiger partial charge in [0.25, 0.3) is 5.60 Å². The lowest BCUT2D eigenvalue weighted by atomic mass is 9.67. The van der Waals surface area contributed by atoms with Crippen molar-refractivity contribution in [3.05, 3.63) is 24.5 Å². The third kappa shape index (κ3) is 3.51. The van der Waals surface area contributed by atoms with Gasteiger partial charge in [-0.15, -0.1) is 0 Å². The number of allylic oxidation sites excluding steroid dienone is 1. The van der Waals surface area contributed by atoms with Crippen LogP contribution in [0.5, 0.6) is 0 Å². The van der Waals surface area contributed by atoms with E-state index in [2.05, 4.69) is 13.2 Å².